The lowest BCUT2D eigenvalue weighted by Crippen LogP contribution is -2.49. The van der Waals surface area contributed by atoms with Gasteiger partial charge < -0.3 is 9.59 Å². The molecule has 2 heteroatoms. The molecule has 1 unspecified atom stereocenters. The monoisotopic (exact) mass is 440 g/mol. The molecule has 0 aromatic rings. The van der Waals surface area contributed by atoms with Crippen molar-refractivity contribution < 1.29 is 9.59 Å². The first-order chi connectivity index (χ1) is 15.1. The highest BCUT2D eigenvalue weighted by atomic mass is 16.3. The molecule has 0 aromatic heterocycles. The second-order valence-electron chi connectivity index (χ2n) is 10.8. The Morgan fingerprint density at radius 2 is 0.806 bits per heavy atom. The SMILES string of the molecule is CCCCCCCCCCCCC(CCCCCCCCCCC)[N+](C)(C)CCCO. The van der Waals surface area contributed by atoms with E-state index in [4.69, 9.17) is 0 Å². The summed E-state index contributed by atoms with van der Waals surface area (Å²) in [5.41, 5.74) is 0. The van der Waals surface area contributed by atoms with Gasteiger partial charge in [-0.05, 0) is 25.7 Å². The van der Waals surface area contributed by atoms with Gasteiger partial charge in [0.25, 0.3) is 0 Å². The van der Waals surface area contributed by atoms with Gasteiger partial charge in [-0.15, -0.1) is 0 Å². The second kappa shape index (κ2) is 23.1. The van der Waals surface area contributed by atoms with Gasteiger partial charge in [0.2, 0.25) is 0 Å². The molecule has 0 saturated carbocycles. The Morgan fingerprint density at radius 3 is 1.13 bits per heavy atom. The summed E-state index contributed by atoms with van der Waals surface area (Å²) in [6, 6.07) is 0.783. The van der Waals surface area contributed by atoms with E-state index in [2.05, 4.69) is 27.9 Å². The maximum atomic E-state index is 9.32. The minimum Gasteiger partial charge on any atom is -0.396 e. The fourth-order valence-corrected chi connectivity index (χ4v) is 5.06. The quantitative estimate of drug-likeness (QED) is 0.111. The molecule has 0 aliphatic heterocycles. The van der Waals surface area contributed by atoms with Crippen LogP contribution in [0.25, 0.3) is 0 Å². The number of hydrogen-bond donors (Lipinski definition) is 1. The van der Waals surface area contributed by atoms with Crippen molar-refractivity contribution in [3.05, 3.63) is 0 Å². The van der Waals surface area contributed by atoms with Crippen LogP contribution in [0.3, 0.4) is 0 Å². The second-order valence-corrected chi connectivity index (χ2v) is 10.8. The van der Waals surface area contributed by atoms with Crippen LogP contribution in [0.4, 0.5) is 0 Å². The topological polar surface area (TPSA) is 20.2 Å². The van der Waals surface area contributed by atoms with Crippen LogP contribution in [0.2, 0.25) is 0 Å². The number of unbranched alkanes of at least 4 members (excludes halogenated alkanes) is 17. The van der Waals surface area contributed by atoms with Crippen LogP contribution in [0, 0.1) is 0 Å². The van der Waals surface area contributed by atoms with Gasteiger partial charge in [0.05, 0.1) is 26.7 Å². The largest absolute Gasteiger partial charge is 0.396 e. The van der Waals surface area contributed by atoms with Crippen LogP contribution in [0.5, 0.6) is 0 Å². The molecule has 0 aliphatic carbocycles. The molecule has 0 amide bonds. The molecule has 31 heavy (non-hydrogen) atoms. The third kappa shape index (κ3) is 20.3. The predicted molar refractivity (Wildman–Crippen MR) is 141 cm³/mol. The summed E-state index contributed by atoms with van der Waals surface area (Å²) in [4.78, 5) is 0. The molecule has 0 rings (SSSR count). The number of rotatable bonds is 25. The number of aliphatic hydroxyl groups excluding tert-OH is 1. The molecular formula is C29H62NO+. The van der Waals surface area contributed by atoms with E-state index in [-0.39, 0.29) is 0 Å². The molecular weight excluding hydrogens is 378 g/mol. The predicted octanol–water partition coefficient (Wildman–Crippen LogP) is 9.05. The lowest BCUT2D eigenvalue weighted by molar-refractivity contribution is -0.916. The molecule has 0 spiro atoms. The van der Waals surface area contributed by atoms with Crippen molar-refractivity contribution in [1.29, 1.82) is 0 Å². The van der Waals surface area contributed by atoms with E-state index in [9.17, 15) is 5.11 Å². The van der Waals surface area contributed by atoms with E-state index in [1.54, 1.807) is 0 Å². The molecule has 1 N–H and O–H groups in total. The number of hydrogen-bond acceptors (Lipinski definition) is 1. The minimum atomic E-state index is 0.338. The highest BCUT2D eigenvalue weighted by Crippen LogP contribution is 2.23. The molecule has 0 saturated heterocycles. The van der Waals surface area contributed by atoms with E-state index in [1.807, 2.05) is 0 Å². The summed E-state index contributed by atoms with van der Waals surface area (Å²) >= 11 is 0. The average molecular weight is 441 g/mol. The van der Waals surface area contributed by atoms with Gasteiger partial charge in [-0.25, -0.2) is 0 Å². The lowest BCUT2D eigenvalue weighted by Gasteiger charge is -2.38. The van der Waals surface area contributed by atoms with Crippen molar-refractivity contribution >= 4 is 0 Å². The summed E-state index contributed by atoms with van der Waals surface area (Å²) < 4.78 is 1.11. The maximum absolute atomic E-state index is 9.32. The van der Waals surface area contributed by atoms with Gasteiger partial charge in [0.15, 0.2) is 0 Å². The number of nitrogens with zero attached hydrogens (tertiary/aromatic N) is 1. The fraction of sp³-hybridized carbons (Fsp3) is 1.00. The first kappa shape index (κ1) is 30.9. The van der Waals surface area contributed by atoms with Crippen LogP contribution in [0.1, 0.15) is 155 Å². The zero-order valence-electron chi connectivity index (χ0n) is 22.4. The normalized spacial score (nSPS) is 13.1. The van der Waals surface area contributed by atoms with Crippen molar-refractivity contribution in [2.75, 3.05) is 27.2 Å². The first-order valence-electron chi connectivity index (χ1n) is 14.5. The average Bonchev–Trinajstić information content (AvgIpc) is 2.76. The van der Waals surface area contributed by atoms with E-state index < -0.39 is 0 Å². The van der Waals surface area contributed by atoms with Gasteiger partial charge in [0.1, 0.15) is 0 Å². The Hall–Kier alpha value is -0.0800. The molecule has 0 heterocycles. The molecule has 0 aromatic carbocycles. The lowest BCUT2D eigenvalue weighted by atomic mass is 9.97. The van der Waals surface area contributed by atoms with Crippen LogP contribution < -0.4 is 0 Å². The van der Waals surface area contributed by atoms with Crippen LogP contribution >= 0.6 is 0 Å². The smallest absolute Gasteiger partial charge is 0.0886 e. The van der Waals surface area contributed by atoms with E-state index in [0.29, 0.717) is 6.61 Å². The summed E-state index contributed by atoms with van der Waals surface area (Å²) in [6.45, 7) is 6.06. The molecule has 188 valence electrons. The van der Waals surface area contributed by atoms with Crippen LogP contribution in [-0.4, -0.2) is 42.9 Å². The third-order valence-electron chi connectivity index (χ3n) is 7.41. The van der Waals surface area contributed by atoms with Crippen molar-refractivity contribution in [3.63, 3.8) is 0 Å². The molecule has 0 fully saturated rings. The van der Waals surface area contributed by atoms with Gasteiger partial charge in [-0.2, -0.15) is 0 Å². The Balaban J connectivity index is 3.98. The van der Waals surface area contributed by atoms with Gasteiger partial charge >= 0.3 is 0 Å². The highest BCUT2D eigenvalue weighted by Gasteiger charge is 2.26. The van der Waals surface area contributed by atoms with Crippen LogP contribution in [-0.2, 0) is 0 Å². The molecule has 0 aliphatic rings. The fourth-order valence-electron chi connectivity index (χ4n) is 5.06. The highest BCUT2D eigenvalue weighted by molar-refractivity contribution is 4.62. The molecule has 0 bridgehead atoms. The Morgan fingerprint density at radius 1 is 0.484 bits per heavy atom. The third-order valence-corrected chi connectivity index (χ3v) is 7.41. The summed E-state index contributed by atoms with van der Waals surface area (Å²) in [5, 5.41) is 9.32. The minimum absolute atomic E-state index is 0.338. The number of quaternary nitrogens is 1. The van der Waals surface area contributed by atoms with Crippen molar-refractivity contribution in [2.45, 2.75) is 161 Å². The summed E-state index contributed by atoms with van der Waals surface area (Å²) in [6.07, 6.45) is 30.8. The Kier molecular flexibility index (Phi) is 23.0. The van der Waals surface area contributed by atoms with E-state index in [0.717, 1.165) is 23.5 Å². The Labute approximate surface area is 198 Å². The van der Waals surface area contributed by atoms with Crippen LogP contribution in [0.15, 0.2) is 0 Å². The van der Waals surface area contributed by atoms with Crippen molar-refractivity contribution in [1.82, 2.24) is 0 Å². The van der Waals surface area contributed by atoms with E-state index >= 15 is 0 Å². The van der Waals surface area contributed by atoms with Gasteiger partial charge in [-0.1, -0.05) is 123 Å². The maximum Gasteiger partial charge on any atom is 0.0886 e. The van der Waals surface area contributed by atoms with Gasteiger partial charge in [0, 0.05) is 13.0 Å². The standard InChI is InChI=1S/C29H62NO/c1-5-7-9-11-13-15-17-19-21-23-26-29(30(3,4)27-24-28-31)25-22-20-18-16-14-12-10-8-6-2/h29,31H,5-28H2,1-4H3/q+1. The first-order valence-corrected chi connectivity index (χ1v) is 14.5. The number of aliphatic hydroxyl groups is 1. The summed E-state index contributed by atoms with van der Waals surface area (Å²) in [7, 11) is 4.81. The summed E-state index contributed by atoms with van der Waals surface area (Å²) in [5.74, 6) is 0. The molecule has 2 nitrogen and oxygen atoms in total. The zero-order valence-corrected chi connectivity index (χ0v) is 22.4. The zero-order chi connectivity index (χ0) is 23.0. The Bertz CT molecular complexity index is 342. The van der Waals surface area contributed by atoms with Crippen molar-refractivity contribution in [2.24, 2.45) is 0 Å². The van der Waals surface area contributed by atoms with E-state index in [1.165, 1.54) is 135 Å². The molecule has 0 radical (unpaired) electrons. The van der Waals surface area contributed by atoms with Crippen molar-refractivity contribution in [3.8, 4) is 0 Å². The molecule has 1 atom stereocenters. The van der Waals surface area contributed by atoms with Gasteiger partial charge in [-0.3, -0.25) is 0 Å².